The van der Waals surface area contributed by atoms with Crippen LogP contribution in [0.25, 0.3) is 11.3 Å². The van der Waals surface area contributed by atoms with Crippen molar-refractivity contribution < 1.29 is 9.90 Å². The SMILES string of the molecule is Cl.NCC1(c2cccc(Cl)c2)CCC(n2nc(-c3ccc(C(=O)O)cc3)ccc2=O)CC1. The predicted octanol–water partition coefficient (Wildman–Crippen LogP) is 4.70. The molecule has 1 aliphatic rings. The summed E-state index contributed by atoms with van der Waals surface area (Å²) in [7, 11) is 0. The quantitative estimate of drug-likeness (QED) is 0.559. The van der Waals surface area contributed by atoms with Crippen molar-refractivity contribution in [1.29, 1.82) is 0 Å². The maximum atomic E-state index is 12.6. The minimum absolute atomic E-state index is 0. The topological polar surface area (TPSA) is 98.2 Å². The fourth-order valence-electron chi connectivity index (χ4n) is 4.45. The summed E-state index contributed by atoms with van der Waals surface area (Å²) in [6.07, 6.45) is 3.27. The van der Waals surface area contributed by atoms with Crippen LogP contribution in [0.2, 0.25) is 5.02 Å². The fourth-order valence-corrected chi connectivity index (χ4v) is 4.64. The van der Waals surface area contributed by atoms with Gasteiger partial charge in [0, 0.05) is 28.6 Å². The van der Waals surface area contributed by atoms with Crippen molar-refractivity contribution >= 4 is 30.0 Å². The second-order valence-electron chi connectivity index (χ2n) is 8.11. The number of hydrogen-bond donors (Lipinski definition) is 2. The standard InChI is InChI=1S/C24H24ClN3O3.ClH/c25-19-3-1-2-18(14-19)24(15-26)12-10-20(11-13-24)28-22(29)9-8-21(27-28)16-4-6-17(7-5-16)23(30)31;/h1-9,14,20H,10-13,15,26H2,(H,30,31);1H. The number of benzene rings is 2. The van der Waals surface area contributed by atoms with Crippen molar-refractivity contribution in [3.05, 3.63) is 87.2 Å². The molecular weight excluding hydrogens is 449 g/mol. The third-order valence-electron chi connectivity index (χ3n) is 6.34. The molecule has 0 radical (unpaired) electrons. The highest BCUT2D eigenvalue weighted by atomic mass is 35.5. The Balaban J connectivity index is 0.00000289. The number of nitrogens with two attached hydrogens (primary N) is 1. The van der Waals surface area contributed by atoms with Crippen molar-refractivity contribution in [3.8, 4) is 11.3 Å². The maximum absolute atomic E-state index is 12.6. The first-order chi connectivity index (χ1) is 14.9. The molecule has 8 heteroatoms. The average molecular weight is 474 g/mol. The average Bonchev–Trinajstić information content (AvgIpc) is 2.79. The number of carboxylic acid groups (broad SMARTS) is 1. The Bertz CT molecular complexity index is 1150. The molecule has 168 valence electrons. The van der Waals surface area contributed by atoms with Gasteiger partial charge in [0.2, 0.25) is 0 Å². The molecule has 1 fully saturated rings. The van der Waals surface area contributed by atoms with Gasteiger partial charge in [-0.15, -0.1) is 12.4 Å². The minimum Gasteiger partial charge on any atom is -0.478 e. The Morgan fingerprint density at radius 3 is 2.41 bits per heavy atom. The van der Waals surface area contributed by atoms with Gasteiger partial charge < -0.3 is 10.8 Å². The second-order valence-corrected chi connectivity index (χ2v) is 8.55. The van der Waals surface area contributed by atoms with Crippen molar-refractivity contribution in [1.82, 2.24) is 9.78 Å². The van der Waals surface area contributed by atoms with E-state index in [1.807, 2.05) is 18.2 Å². The molecule has 3 aromatic rings. The zero-order chi connectivity index (χ0) is 22.0. The van der Waals surface area contributed by atoms with Crippen LogP contribution >= 0.6 is 24.0 Å². The van der Waals surface area contributed by atoms with Crippen molar-refractivity contribution in [3.63, 3.8) is 0 Å². The molecule has 0 unspecified atom stereocenters. The normalized spacial score (nSPS) is 20.4. The molecule has 0 spiro atoms. The zero-order valence-corrected chi connectivity index (χ0v) is 19.0. The van der Waals surface area contributed by atoms with Gasteiger partial charge in [-0.1, -0.05) is 35.9 Å². The number of aromatic carboxylic acids is 1. The van der Waals surface area contributed by atoms with Crippen LogP contribution in [0.1, 0.15) is 47.6 Å². The van der Waals surface area contributed by atoms with E-state index in [1.165, 1.54) is 18.2 Å². The highest BCUT2D eigenvalue weighted by molar-refractivity contribution is 6.30. The lowest BCUT2D eigenvalue weighted by Crippen LogP contribution is -2.41. The van der Waals surface area contributed by atoms with E-state index in [9.17, 15) is 9.59 Å². The molecule has 3 N–H and O–H groups in total. The summed E-state index contributed by atoms with van der Waals surface area (Å²) in [5, 5.41) is 14.4. The van der Waals surface area contributed by atoms with Crippen LogP contribution in [-0.2, 0) is 5.41 Å². The summed E-state index contributed by atoms with van der Waals surface area (Å²) in [5.41, 5.74) is 8.68. The van der Waals surface area contributed by atoms with Crippen LogP contribution in [0, 0.1) is 0 Å². The Morgan fingerprint density at radius 1 is 1.12 bits per heavy atom. The minimum atomic E-state index is -0.977. The molecular formula is C24H25Cl2N3O3. The van der Waals surface area contributed by atoms with Crippen LogP contribution in [0.15, 0.2) is 65.5 Å². The molecule has 0 amide bonds. The molecule has 2 aromatic carbocycles. The molecule has 6 nitrogen and oxygen atoms in total. The summed E-state index contributed by atoms with van der Waals surface area (Å²) in [4.78, 5) is 23.6. The van der Waals surface area contributed by atoms with Crippen molar-refractivity contribution in [2.24, 2.45) is 5.73 Å². The Labute approximate surface area is 197 Å². The van der Waals surface area contributed by atoms with E-state index in [1.54, 1.807) is 22.9 Å². The van der Waals surface area contributed by atoms with Gasteiger partial charge >= 0.3 is 5.97 Å². The summed E-state index contributed by atoms with van der Waals surface area (Å²) >= 11 is 6.20. The molecule has 1 aliphatic carbocycles. The molecule has 1 saturated carbocycles. The predicted molar refractivity (Wildman–Crippen MR) is 128 cm³/mol. The number of halogens is 2. The number of rotatable bonds is 5. The van der Waals surface area contributed by atoms with Gasteiger partial charge in [-0.25, -0.2) is 9.48 Å². The lowest BCUT2D eigenvalue weighted by molar-refractivity contribution is 0.0697. The van der Waals surface area contributed by atoms with Gasteiger partial charge in [0.05, 0.1) is 17.3 Å². The van der Waals surface area contributed by atoms with E-state index in [2.05, 4.69) is 11.2 Å². The molecule has 0 saturated heterocycles. The Kier molecular flexibility index (Phi) is 7.39. The molecule has 0 atom stereocenters. The summed E-state index contributed by atoms with van der Waals surface area (Å²) in [6, 6.07) is 17.6. The number of carboxylic acids is 1. The number of nitrogens with zero attached hydrogens (tertiary/aromatic N) is 2. The third kappa shape index (κ3) is 4.72. The first-order valence-electron chi connectivity index (χ1n) is 10.3. The van der Waals surface area contributed by atoms with Crippen LogP contribution in [-0.4, -0.2) is 27.4 Å². The molecule has 1 heterocycles. The van der Waals surface area contributed by atoms with Gasteiger partial charge in [-0.3, -0.25) is 4.79 Å². The summed E-state index contributed by atoms with van der Waals surface area (Å²) in [5.74, 6) is -0.977. The molecule has 1 aromatic heterocycles. The van der Waals surface area contributed by atoms with Gasteiger partial charge in [0.25, 0.3) is 5.56 Å². The van der Waals surface area contributed by atoms with Gasteiger partial charge in [-0.2, -0.15) is 5.10 Å². The zero-order valence-electron chi connectivity index (χ0n) is 17.4. The number of carbonyl (C=O) groups is 1. The third-order valence-corrected chi connectivity index (χ3v) is 6.57. The molecule has 0 bridgehead atoms. The first-order valence-corrected chi connectivity index (χ1v) is 10.7. The monoisotopic (exact) mass is 473 g/mol. The van der Waals surface area contributed by atoms with E-state index >= 15 is 0 Å². The fraction of sp³-hybridized carbons (Fsp3) is 0.292. The van der Waals surface area contributed by atoms with Crippen LogP contribution < -0.4 is 11.3 Å². The van der Waals surface area contributed by atoms with E-state index in [0.29, 0.717) is 17.3 Å². The number of hydrogen-bond acceptors (Lipinski definition) is 4. The molecule has 4 rings (SSSR count). The van der Waals surface area contributed by atoms with E-state index in [0.717, 1.165) is 36.8 Å². The lowest BCUT2D eigenvalue weighted by Gasteiger charge is -2.40. The largest absolute Gasteiger partial charge is 0.478 e. The Morgan fingerprint density at radius 2 is 1.81 bits per heavy atom. The van der Waals surface area contributed by atoms with Gasteiger partial charge in [0.15, 0.2) is 0 Å². The highest BCUT2D eigenvalue weighted by Gasteiger charge is 2.37. The summed E-state index contributed by atoms with van der Waals surface area (Å²) in [6.45, 7) is 0.526. The van der Waals surface area contributed by atoms with E-state index in [-0.39, 0.29) is 35.0 Å². The first kappa shape index (κ1) is 24.0. The molecule has 32 heavy (non-hydrogen) atoms. The maximum Gasteiger partial charge on any atom is 0.335 e. The van der Waals surface area contributed by atoms with Gasteiger partial charge in [-0.05, 0) is 61.6 Å². The van der Waals surface area contributed by atoms with Crippen LogP contribution in [0.3, 0.4) is 0 Å². The second kappa shape index (κ2) is 9.86. The molecule has 0 aliphatic heterocycles. The lowest BCUT2D eigenvalue weighted by atomic mass is 9.68. The van der Waals surface area contributed by atoms with Crippen LogP contribution in [0.5, 0.6) is 0 Å². The van der Waals surface area contributed by atoms with E-state index < -0.39 is 5.97 Å². The highest BCUT2D eigenvalue weighted by Crippen LogP contribution is 2.42. The summed E-state index contributed by atoms with van der Waals surface area (Å²) < 4.78 is 1.57. The van der Waals surface area contributed by atoms with Crippen molar-refractivity contribution in [2.75, 3.05) is 6.54 Å². The number of aromatic nitrogens is 2. The van der Waals surface area contributed by atoms with Crippen LogP contribution in [0.4, 0.5) is 0 Å². The Hall–Kier alpha value is -2.67. The smallest absolute Gasteiger partial charge is 0.335 e. The van der Waals surface area contributed by atoms with Crippen molar-refractivity contribution in [2.45, 2.75) is 37.1 Å². The van der Waals surface area contributed by atoms with E-state index in [4.69, 9.17) is 22.4 Å². The van der Waals surface area contributed by atoms with Gasteiger partial charge in [0.1, 0.15) is 0 Å².